The molecule has 2 rings (SSSR count). The van der Waals surface area contributed by atoms with Gasteiger partial charge in [0.05, 0.1) is 0 Å². The Labute approximate surface area is 76.3 Å². The first-order chi connectivity index (χ1) is 6.11. The standard InChI is InChI=1S/C9H14FNO2/c10-9(7(12)13)6-11-5-8(9)3-1-2-4-8/h11H,1-6H2,(H,12,13). The summed E-state index contributed by atoms with van der Waals surface area (Å²) in [6, 6.07) is 0. The molecule has 0 amide bonds. The van der Waals surface area contributed by atoms with E-state index in [2.05, 4.69) is 5.32 Å². The summed E-state index contributed by atoms with van der Waals surface area (Å²) in [5.74, 6) is -1.29. The molecule has 4 heteroatoms. The molecule has 0 aromatic carbocycles. The van der Waals surface area contributed by atoms with Gasteiger partial charge in [-0.05, 0) is 12.8 Å². The zero-order valence-corrected chi connectivity index (χ0v) is 7.48. The summed E-state index contributed by atoms with van der Waals surface area (Å²) in [5.41, 5.74) is -2.64. The molecular weight excluding hydrogens is 173 g/mol. The molecule has 2 N–H and O–H groups in total. The lowest BCUT2D eigenvalue weighted by molar-refractivity contribution is -0.157. The Morgan fingerprint density at radius 2 is 1.92 bits per heavy atom. The maximum absolute atomic E-state index is 14.1. The summed E-state index contributed by atoms with van der Waals surface area (Å²) in [5, 5.41) is 11.8. The van der Waals surface area contributed by atoms with Crippen LogP contribution in [0.4, 0.5) is 4.39 Å². The van der Waals surface area contributed by atoms with E-state index in [0.29, 0.717) is 19.4 Å². The van der Waals surface area contributed by atoms with E-state index < -0.39 is 17.1 Å². The first-order valence-electron chi connectivity index (χ1n) is 4.74. The first-order valence-corrected chi connectivity index (χ1v) is 4.74. The fourth-order valence-electron chi connectivity index (χ4n) is 2.73. The quantitative estimate of drug-likeness (QED) is 0.642. The third-order valence-electron chi connectivity index (χ3n) is 3.57. The lowest BCUT2D eigenvalue weighted by Crippen LogP contribution is -2.48. The molecule has 1 heterocycles. The molecule has 13 heavy (non-hydrogen) atoms. The van der Waals surface area contributed by atoms with Gasteiger partial charge in [-0.15, -0.1) is 0 Å². The molecule has 1 saturated carbocycles. The van der Waals surface area contributed by atoms with Crippen LogP contribution in [0.2, 0.25) is 0 Å². The van der Waals surface area contributed by atoms with Crippen LogP contribution in [0.5, 0.6) is 0 Å². The predicted octanol–water partition coefficient (Wildman–Crippen LogP) is 0.943. The van der Waals surface area contributed by atoms with Crippen LogP contribution in [0.1, 0.15) is 25.7 Å². The molecule has 1 aliphatic carbocycles. The monoisotopic (exact) mass is 187 g/mol. The predicted molar refractivity (Wildman–Crippen MR) is 45.2 cm³/mol. The van der Waals surface area contributed by atoms with Crippen LogP contribution in [0.15, 0.2) is 0 Å². The molecule has 0 radical (unpaired) electrons. The van der Waals surface area contributed by atoms with Crippen molar-refractivity contribution >= 4 is 5.97 Å². The van der Waals surface area contributed by atoms with Gasteiger partial charge in [0.1, 0.15) is 0 Å². The normalized spacial score (nSPS) is 37.0. The minimum atomic E-state index is -2.02. The van der Waals surface area contributed by atoms with Gasteiger partial charge in [-0.25, -0.2) is 9.18 Å². The van der Waals surface area contributed by atoms with Gasteiger partial charge in [-0.3, -0.25) is 0 Å². The highest BCUT2D eigenvalue weighted by Gasteiger charge is 2.61. The van der Waals surface area contributed by atoms with Crippen molar-refractivity contribution in [1.82, 2.24) is 5.32 Å². The lowest BCUT2D eigenvalue weighted by atomic mass is 9.74. The number of hydrogen-bond acceptors (Lipinski definition) is 2. The third-order valence-corrected chi connectivity index (χ3v) is 3.57. The highest BCUT2D eigenvalue weighted by molar-refractivity contribution is 5.79. The fourth-order valence-corrected chi connectivity index (χ4v) is 2.73. The summed E-state index contributed by atoms with van der Waals surface area (Å²) in [6.45, 7) is 0.498. The molecule has 74 valence electrons. The van der Waals surface area contributed by atoms with Crippen molar-refractivity contribution in [1.29, 1.82) is 0 Å². The number of carboxylic acid groups (broad SMARTS) is 1. The topological polar surface area (TPSA) is 49.3 Å². The molecule has 1 atom stereocenters. The summed E-state index contributed by atoms with van der Waals surface area (Å²) in [6.07, 6.45) is 3.34. The van der Waals surface area contributed by atoms with Gasteiger partial charge in [-0.2, -0.15) is 0 Å². The van der Waals surface area contributed by atoms with Crippen molar-refractivity contribution in [3.63, 3.8) is 0 Å². The maximum atomic E-state index is 14.1. The summed E-state index contributed by atoms with van der Waals surface area (Å²) < 4.78 is 14.1. The molecule has 0 aromatic heterocycles. The van der Waals surface area contributed by atoms with Crippen molar-refractivity contribution < 1.29 is 14.3 Å². The molecule has 2 aliphatic rings. The molecule has 1 unspecified atom stereocenters. The average Bonchev–Trinajstić information content (AvgIpc) is 2.64. The second-order valence-electron chi connectivity index (χ2n) is 4.20. The van der Waals surface area contributed by atoms with E-state index in [9.17, 15) is 9.18 Å². The third kappa shape index (κ3) is 1.01. The molecule has 2 fully saturated rings. The smallest absolute Gasteiger partial charge is 0.343 e. The maximum Gasteiger partial charge on any atom is 0.343 e. The average molecular weight is 187 g/mol. The Hall–Kier alpha value is -0.640. The zero-order chi connectivity index (χ0) is 9.53. The Bertz CT molecular complexity index is 232. The van der Waals surface area contributed by atoms with E-state index >= 15 is 0 Å². The zero-order valence-electron chi connectivity index (χ0n) is 7.48. The molecule has 1 aliphatic heterocycles. The van der Waals surface area contributed by atoms with Crippen molar-refractivity contribution in [2.75, 3.05) is 13.1 Å². The van der Waals surface area contributed by atoms with Gasteiger partial charge in [0.2, 0.25) is 5.67 Å². The summed E-state index contributed by atoms with van der Waals surface area (Å²) in [7, 11) is 0. The van der Waals surface area contributed by atoms with Crippen LogP contribution in [0.25, 0.3) is 0 Å². The van der Waals surface area contributed by atoms with E-state index in [1.165, 1.54) is 0 Å². The minimum Gasteiger partial charge on any atom is -0.479 e. The van der Waals surface area contributed by atoms with E-state index in [1.54, 1.807) is 0 Å². The molecule has 0 bridgehead atoms. The largest absolute Gasteiger partial charge is 0.479 e. The van der Waals surface area contributed by atoms with Gasteiger partial charge in [-0.1, -0.05) is 12.8 Å². The molecular formula is C9H14FNO2. The number of rotatable bonds is 1. The van der Waals surface area contributed by atoms with Crippen LogP contribution in [0.3, 0.4) is 0 Å². The minimum absolute atomic E-state index is 0.0255. The highest BCUT2D eigenvalue weighted by Crippen LogP contribution is 2.50. The molecule has 3 nitrogen and oxygen atoms in total. The van der Waals surface area contributed by atoms with Crippen molar-refractivity contribution in [3.8, 4) is 0 Å². The second-order valence-corrected chi connectivity index (χ2v) is 4.20. The molecule has 0 aromatic rings. The van der Waals surface area contributed by atoms with Gasteiger partial charge in [0.15, 0.2) is 0 Å². The summed E-state index contributed by atoms with van der Waals surface area (Å²) >= 11 is 0. The highest BCUT2D eigenvalue weighted by atomic mass is 19.1. The van der Waals surface area contributed by atoms with E-state index in [-0.39, 0.29) is 6.54 Å². The van der Waals surface area contributed by atoms with Gasteiger partial charge in [0, 0.05) is 18.5 Å². The Morgan fingerprint density at radius 1 is 1.31 bits per heavy atom. The van der Waals surface area contributed by atoms with E-state index in [1.807, 2.05) is 0 Å². The van der Waals surface area contributed by atoms with E-state index in [0.717, 1.165) is 12.8 Å². The second kappa shape index (κ2) is 2.67. The number of nitrogens with one attached hydrogen (secondary N) is 1. The van der Waals surface area contributed by atoms with Crippen LogP contribution in [-0.2, 0) is 4.79 Å². The van der Waals surface area contributed by atoms with Crippen molar-refractivity contribution in [2.24, 2.45) is 5.41 Å². The number of carboxylic acids is 1. The van der Waals surface area contributed by atoms with Gasteiger partial charge < -0.3 is 10.4 Å². The van der Waals surface area contributed by atoms with Crippen LogP contribution in [0, 0.1) is 5.41 Å². The molecule has 1 saturated heterocycles. The lowest BCUT2D eigenvalue weighted by Gasteiger charge is -2.32. The first kappa shape index (κ1) is 8.94. The Balaban J connectivity index is 2.31. The SMILES string of the molecule is O=C(O)C1(F)CNCC12CCCC2. The molecule has 1 spiro atoms. The Kier molecular flexibility index (Phi) is 1.84. The number of alkyl halides is 1. The number of aliphatic carboxylic acids is 1. The number of halogens is 1. The summed E-state index contributed by atoms with van der Waals surface area (Å²) in [4.78, 5) is 10.9. The number of carbonyl (C=O) groups is 1. The van der Waals surface area contributed by atoms with Crippen molar-refractivity contribution in [3.05, 3.63) is 0 Å². The van der Waals surface area contributed by atoms with Gasteiger partial charge >= 0.3 is 5.97 Å². The van der Waals surface area contributed by atoms with Crippen LogP contribution >= 0.6 is 0 Å². The Morgan fingerprint density at radius 3 is 2.46 bits per heavy atom. The van der Waals surface area contributed by atoms with Crippen LogP contribution < -0.4 is 5.32 Å². The van der Waals surface area contributed by atoms with E-state index in [4.69, 9.17) is 5.11 Å². The fraction of sp³-hybridized carbons (Fsp3) is 0.889. The number of hydrogen-bond donors (Lipinski definition) is 2. The van der Waals surface area contributed by atoms with Crippen LogP contribution in [-0.4, -0.2) is 29.8 Å². The van der Waals surface area contributed by atoms with Crippen molar-refractivity contribution in [2.45, 2.75) is 31.4 Å². The van der Waals surface area contributed by atoms with Gasteiger partial charge in [0.25, 0.3) is 0 Å².